The van der Waals surface area contributed by atoms with E-state index in [0.717, 1.165) is 40.5 Å². The van der Waals surface area contributed by atoms with Crippen LogP contribution in [0.4, 0.5) is 0 Å². The average molecular weight is 429 g/mol. The number of hydrogen-bond donors (Lipinski definition) is 0. The average Bonchev–Trinajstić information content (AvgIpc) is 3.33. The van der Waals surface area contributed by atoms with Crippen LogP contribution in [0.5, 0.6) is 0 Å². The van der Waals surface area contributed by atoms with E-state index in [1.807, 2.05) is 18.7 Å². The second-order valence-electron chi connectivity index (χ2n) is 8.33. The number of aryl methyl sites for hydroxylation is 3. The number of hydrogen-bond acceptors (Lipinski definition) is 6. The van der Waals surface area contributed by atoms with Crippen LogP contribution in [0.2, 0.25) is 0 Å². The highest BCUT2D eigenvalue weighted by atomic mass is 32.1. The lowest BCUT2D eigenvalue weighted by Crippen LogP contribution is -2.40. The number of carbonyl (C=O) groups is 1. The van der Waals surface area contributed by atoms with Crippen LogP contribution < -0.4 is 5.56 Å². The van der Waals surface area contributed by atoms with Crippen LogP contribution in [-0.2, 0) is 11.3 Å². The van der Waals surface area contributed by atoms with Crippen molar-refractivity contribution in [3.05, 3.63) is 39.3 Å². The van der Waals surface area contributed by atoms with Crippen LogP contribution in [-0.4, -0.2) is 48.2 Å². The van der Waals surface area contributed by atoms with Gasteiger partial charge < -0.3 is 9.47 Å². The molecule has 0 spiro atoms. The molecule has 3 aromatic heterocycles. The predicted molar refractivity (Wildman–Crippen MR) is 117 cm³/mol. The maximum atomic E-state index is 12.9. The third-order valence-electron chi connectivity index (χ3n) is 6.02. The van der Waals surface area contributed by atoms with Crippen molar-refractivity contribution < 1.29 is 4.79 Å². The molecule has 1 aliphatic heterocycles. The van der Waals surface area contributed by atoms with Gasteiger partial charge in [-0.05, 0) is 46.1 Å². The molecule has 8 nitrogen and oxygen atoms in total. The van der Waals surface area contributed by atoms with E-state index in [1.54, 1.807) is 17.2 Å². The highest BCUT2D eigenvalue weighted by Crippen LogP contribution is 2.28. The van der Waals surface area contributed by atoms with Gasteiger partial charge in [-0.25, -0.2) is 4.98 Å². The van der Waals surface area contributed by atoms with Gasteiger partial charge in [0.1, 0.15) is 17.0 Å². The van der Waals surface area contributed by atoms with Crippen LogP contribution in [0.15, 0.2) is 17.4 Å². The molecule has 30 heavy (non-hydrogen) atoms. The van der Waals surface area contributed by atoms with E-state index in [-0.39, 0.29) is 17.4 Å². The van der Waals surface area contributed by atoms with Crippen LogP contribution >= 0.6 is 11.3 Å². The van der Waals surface area contributed by atoms with Crippen LogP contribution in [0.1, 0.15) is 61.3 Å². The Hall–Kier alpha value is -2.55. The molecule has 1 fully saturated rings. The molecule has 0 aliphatic carbocycles. The van der Waals surface area contributed by atoms with Crippen LogP contribution in [0.25, 0.3) is 10.2 Å². The number of likely N-dealkylation sites (tertiary alicyclic amines) is 1. The molecule has 4 rings (SSSR count). The third-order valence-corrected chi connectivity index (χ3v) is 7.13. The molecule has 1 amide bonds. The quantitative estimate of drug-likeness (QED) is 0.623. The summed E-state index contributed by atoms with van der Waals surface area (Å²) in [6.45, 7) is 9.92. The van der Waals surface area contributed by atoms with Crippen molar-refractivity contribution >= 4 is 27.5 Å². The van der Waals surface area contributed by atoms with Gasteiger partial charge in [0.15, 0.2) is 0 Å². The summed E-state index contributed by atoms with van der Waals surface area (Å²) >= 11 is 1.54. The molecule has 160 valence electrons. The van der Waals surface area contributed by atoms with Crippen LogP contribution in [0, 0.1) is 13.8 Å². The molecule has 3 aromatic rings. The van der Waals surface area contributed by atoms with E-state index in [2.05, 4.69) is 33.6 Å². The standard InChI is InChI=1S/C21H28N6O2S/c1-13(2)27-12-23-24-19(27)16-6-5-8-25(10-16)17(28)7-9-26-11-22-20-18(21(26)29)14(3)15(4)30-20/h11-13,16H,5-10H2,1-4H3. The predicted octanol–water partition coefficient (Wildman–Crippen LogP) is 3.04. The Morgan fingerprint density at radius 3 is 2.87 bits per heavy atom. The zero-order chi connectivity index (χ0) is 21.4. The van der Waals surface area contributed by atoms with E-state index in [1.165, 1.54) is 11.3 Å². The second-order valence-corrected chi connectivity index (χ2v) is 9.53. The minimum absolute atomic E-state index is 0.0591. The molecular formula is C21H28N6O2S. The SMILES string of the molecule is Cc1sc2ncn(CCC(=O)N3CCCC(c4nncn4C(C)C)C3)c(=O)c2c1C. The summed E-state index contributed by atoms with van der Waals surface area (Å²) in [7, 11) is 0. The molecule has 0 N–H and O–H groups in total. The second kappa shape index (κ2) is 8.29. The first-order valence-electron chi connectivity index (χ1n) is 10.5. The molecule has 0 aromatic carbocycles. The third kappa shape index (κ3) is 3.78. The maximum absolute atomic E-state index is 12.9. The fourth-order valence-corrected chi connectivity index (χ4v) is 5.15. The Kier molecular flexibility index (Phi) is 5.73. The number of thiophene rings is 1. The highest BCUT2D eigenvalue weighted by molar-refractivity contribution is 7.18. The summed E-state index contributed by atoms with van der Waals surface area (Å²) in [6, 6.07) is 0.291. The van der Waals surface area contributed by atoms with Gasteiger partial charge in [-0.3, -0.25) is 14.2 Å². The number of carbonyl (C=O) groups excluding carboxylic acids is 1. The molecule has 4 heterocycles. The van der Waals surface area contributed by atoms with Crippen molar-refractivity contribution in [3.8, 4) is 0 Å². The summed E-state index contributed by atoms with van der Waals surface area (Å²) < 4.78 is 3.65. The summed E-state index contributed by atoms with van der Waals surface area (Å²) in [4.78, 5) is 34.0. The number of nitrogens with zero attached hydrogens (tertiary/aromatic N) is 6. The molecule has 1 saturated heterocycles. The summed E-state index contributed by atoms with van der Waals surface area (Å²) in [6.07, 6.45) is 5.58. The van der Waals surface area contributed by atoms with Crippen molar-refractivity contribution in [1.82, 2.24) is 29.2 Å². The monoisotopic (exact) mass is 428 g/mol. The van der Waals surface area contributed by atoms with Crippen LogP contribution in [0.3, 0.4) is 0 Å². The van der Waals surface area contributed by atoms with Crippen molar-refractivity contribution in [1.29, 1.82) is 0 Å². The first-order valence-corrected chi connectivity index (χ1v) is 11.3. The minimum atomic E-state index is -0.0591. The number of piperidine rings is 1. The fourth-order valence-electron chi connectivity index (χ4n) is 4.16. The van der Waals surface area contributed by atoms with E-state index in [4.69, 9.17) is 0 Å². The normalized spacial score (nSPS) is 17.2. The molecule has 0 radical (unpaired) electrons. The lowest BCUT2D eigenvalue weighted by atomic mass is 9.96. The Morgan fingerprint density at radius 2 is 2.10 bits per heavy atom. The van der Waals surface area contributed by atoms with Crippen molar-refractivity contribution in [3.63, 3.8) is 0 Å². The van der Waals surface area contributed by atoms with E-state index >= 15 is 0 Å². The van der Waals surface area contributed by atoms with Crippen molar-refractivity contribution in [2.75, 3.05) is 13.1 Å². The maximum Gasteiger partial charge on any atom is 0.262 e. The smallest absolute Gasteiger partial charge is 0.262 e. The summed E-state index contributed by atoms with van der Waals surface area (Å²) in [5, 5.41) is 9.07. The molecular weight excluding hydrogens is 400 g/mol. The van der Waals surface area contributed by atoms with E-state index in [0.29, 0.717) is 30.9 Å². The minimum Gasteiger partial charge on any atom is -0.342 e. The molecule has 0 bridgehead atoms. The van der Waals surface area contributed by atoms with Gasteiger partial charge >= 0.3 is 0 Å². The van der Waals surface area contributed by atoms with Gasteiger partial charge in [-0.15, -0.1) is 21.5 Å². The first kappa shape index (κ1) is 20.7. The van der Waals surface area contributed by atoms with E-state index in [9.17, 15) is 9.59 Å². The molecule has 1 aliphatic rings. The zero-order valence-electron chi connectivity index (χ0n) is 18.0. The Bertz CT molecular complexity index is 1130. The van der Waals surface area contributed by atoms with Gasteiger partial charge in [0, 0.05) is 42.9 Å². The molecule has 0 saturated carbocycles. The molecule has 9 heteroatoms. The molecule has 1 atom stereocenters. The van der Waals surface area contributed by atoms with Gasteiger partial charge in [0.2, 0.25) is 5.91 Å². The van der Waals surface area contributed by atoms with Crippen molar-refractivity contribution in [2.45, 2.75) is 65.5 Å². The van der Waals surface area contributed by atoms with Gasteiger partial charge in [-0.1, -0.05) is 0 Å². The van der Waals surface area contributed by atoms with Gasteiger partial charge in [0.25, 0.3) is 5.56 Å². The Morgan fingerprint density at radius 1 is 1.30 bits per heavy atom. The lowest BCUT2D eigenvalue weighted by Gasteiger charge is -2.33. The number of aromatic nitrogens is 5. The number of fused-ring (bicyclic) bond motifs is 1. The Labute approximate surface area is 179 Å². The first-order chi connectivity index (χ1) is 14.4. The van der Waals surface area contributed by atoms with E-state index < -0.39 is 0 Å². The summed E-state index contributed by atoms with van der Waals surface area (Å²) in [5.41, 5.74) is 0.928. The topological polar surface area (TPSA) is 85.9 Å². The molecule has 1 unspecified atom stereocenters. The highest BCUT2D eigenvalue weighted by Gasteiger charge is 2.28. The van der Waals surface area contributed by atoms with Gasteiger partial charge in [0.05, 0.1) is 11.7 Å². The number of amides is 1. The zero-order valence-corrected chi connectivity index (χ0v) is 18.8. The van der Waals surface area contributed by atoms with Gasteiger partial charge in [-0.2, -0.15) is 0 Å². The fraction of sp³-hybridized carbons (Fsp3) is 0.571. The van der Waals surface area contributed by atoms with Crippen molar-refractivity contribution in [2.24, 2.45) is 0 Å². The largest absolute Gasteiger partial charge is 0.342 e. The number of rotatable bonds is 5. The Balaban J connectivity index is 1.45. The summed E-state index contributed by atoms with van der Waals surface area (Å²) in [5.74, 6) is 1.22. The lowest BCUT2D eigenvalue weighted by molar-refractivity contribution is -0.132.